The van der Waals surface area contributed by atoms with Crippen LogP contribution in [0.4, 0.5) is 9.18 Å². The van der Waals surface area contributed by atoms with Gasteiger partial charge in [-0.15, -0.1) is 0 Å². The molecule has 250 valence electrons. The molecule has 0 saturated carbocycles. The average Bonchev–Trinajstić information content (AvgIpc) is 3.08. The second-order valence-corrected chi connectivity index (χ2v) is 13.6. The van der Waals surface area contributed by atoms with Crippen molar-refractivity contribution in [1.29, 1.82) is 0 Å². The van der Waals surface area contributed by atoms with Gasteiger partial charge in [0.25, 0.3) is 5.91 Å². The molecule has 0 unspecified atom stereocenters. The summed E-state index contributed by atoms with van der Waals surface area (Å²) in [7, 11) is 0. The first kappa shape index (κ1) is 33.4. The molecule has 48 heavy (non-hydrogen) atoms. The molecule has 0 aromatic heterocycles. The molecule has 2 amide bonds. The fourth-order valence-electron chi connectivity index (χ4n) is 7.35. The number of piperazine rings is 1. The van der Waals surface area contributed by atoms with E-state index in [1.165, 1.54) is 11.6 Å². The first-order valence-corrected chi connectivity index (χ1v) is 17.0. The predicted octanol–water partition coefficient (Wildman–Crippen LogP) is 6.76. The summed E-state index contributed by atoms with van der Waals surface area (Å²) in [5.74, 6) is 0.179. The van der Waals surface area contributed by atoms with Crippen molar-refractivity contribution in [2.75, 3.05) is 32.7 Å². The minimum atomic E-state index is -0.900. The first-order chi connectivity index (χ1) is 23.3. The molecule has 2 fully saturated rings. The largest absolute Gasteiger partial charge is 0.465 e. The van der Waals surface area contributed by atoms with Crippen molar-refractivity contribution in [3.05, 3.63) is 131 Å². The highest BCUT2D eigenvalue weighted by atomic mass is 19.1. The maximum atomic E-state index is 15.2. The highest BCUT2D eigenvalue weighted by molar-refractivity contribution is 5.94. The Morgan fingerprint density at radius 2 is 1.62 bits per heavy atom. The van der Waals surface area contributed by atoms with E-state index in [9.17, 15) is 14.7 Å². The van der Waals surface area contributed by atoms with Crippen molar-refractivity contribution < 1.29 is 19.1 Å². The Hall–Kier alpha value is -4.53. The van der Waals surface area contributed by atoms with Crippen LogP contribution in [0.2, 0.25) is 0 Å². The highest BCUT2D eigenvalue weighted by Crippen LogP contribution is 2.29. The maximum Gasteiger partial charge on any atom is 0.407 e. The Morgan fingerprint density at radius 3 is 2.42 bits per heavy atom. The van der Waals surface area contributed by atoms with Gasteiger partial charge in [0.2, 0.25) is 0 Å². The number of benzene rings is 4. The van der Waals surface area contributed by atoms with Crippen LogP contribution in [-0.2, 0) is 25.9 Å². The van der Waals surface area contributed by atoms with E-state index in [1.807, 2.05) is 85.8 Å². The van der Waals surface area contributed by atoms with Gasteiger partial charge in [0.15, 0.2) is 0 Å². The van der Waals surface area contributed by atoms with Gasteiger partial charge in [-0.2, -0.15) is 0 Å². The van der Waals surface area contributed by atoms with Gasteiger partial charge in [0, 0.05) is 43.9 Å². The number of carbonyl (C=O) groups is 2. The van der Waals surface area contributed by atoms with Crippen LogP contribution >= 0.6 is 0 Å². The van der Waals surface area contributed by atoms with Gasteiger partial charge in [-0.05, 0) is 110 Å². The lowest BCUT2D eigenvalue weighted by molar-refractivity contribution is 0.0131. The van der Waals surface area contributed by atoms with E-state index in [4.69, 9.17) is 0 Å². The van der Waals surface area contributed by atoms with Crippen molar-refractivity contribution in [2.24, 2.45) is 5.92 Å². The van der Waals surface area contributed by atoms with E-state index < -0.39 is 11.6 Å². The number of hydrogen-bond donors (Lipinski definition) is 3. The van der Waals surface area contributed by atoms with Crippen LogP contribution in [0.15, 0.2) is 97.1 Å². The molecule has 0 radical (unpaired) electrons. The monoisotopic (exact) mass is 648 g/mol. The van der Waals surface area contributed by atoms with E-state index in [1.54, 1.807) is 11.0 Å². The molecule has 2 heterocycles. The van der Waals surface area contributed by atoms with E-state index in [2.05, 4.69) is 21.6 Å². The quantitative estimate of drug-likeness (QED) is 0.177. The van der Waals surface area contributed by atoms with Crippen LogP contribution in [0.5, 0.6) is 0 Å². The summed E-state index contributed by atoms with van der Waals surface area (Å²) in [6, 6.07) is 30.7. The van der Waals surface area contributed by atoms with Crippen molar-refractivity contribution in [3.8, 4) is 11.1 Å². The molecule has 2 aliphatic rings. The van der Waals surface area contributed by atoms with Gasteiger partial charge in [-0.3, -0.25) is 9.69 Å². The molecule has 6 rings (SSSR count). The van der Waals surface area contributed by atoms with Crippen LogP contribution in [0.1, 0.15) is 52.4 Å². The van der Waals surface area contributed by atoms with E-state index >= 15 is 4.39 Å². The minimum absolute atomic E-state index is 0.141. The number of hydrogen-bond acceptors (Lipinski definition) is 4. The smallest absolute Gasteiger partial charge is 0.407 e. The topological polar surface area (TPSA) is 84.9 Å². The number of carbonyl (C=O) groups excluding carboxylic acids is 1. The number of nitrogens with one attached hydrogen (secondary N) is 2. The molecule has 3 N–H and O–H groups in total. The van der Waals surface area contributed by atoms with Crippen LogP contribution in [0.3, 0.4) is 0 Å². The van der Waals surface area contributed by atoms with E-state index in [0.29, 0.717) is 49.6 Å². The Labute approximate surface area is 282 Å². The molecular formula is C40H45FN4O3. The Kier molecular flexibility index (Phi) is 10.5. The summed E-state index contributed by atoms with van der Waals surface area (Å²) >= 11 is 0. The van der Waals surface area contributed by atoms with Gasteiger partial charge in [0.1, 0.15) is 5.82 Å². The molecule has 4 aromatic rings. The number of rotatable bonds is 10. The Bertz CT molecular complexity index is 1720. The lowest BCUT2D eigenvalue weighted by Crippen LogP contribution is -2.63. The van der Waals surface area contributed by atoms with Gasteiger partial charge >= 0.3 is 6.09 Å². The number of halogens is 1. The lowest BCUT2D eigenvalue weighted by Gasteiger charge is -2.48. The summed E-state index contributed by atoms with van der Waals surface area (Å²) in [5, 5.41) is 16.4. The van der Waals surface area contributed by atoms with Crippen molar-refractivity contribution in [1.82, 2.24) is 20.4 Å². The molecule has 7 nitrogen and oxygen atoms in total. The number of amides is 2. The van der Waals surface area contributed by atoms with Crippen LogP contribution in [0.25, 0.3) is 11.1 Å². The van der Waals surface area contributed by atoms with Crippen LogP contribution < -0.4 is 10.6 Å². The Balaban J connectivity index is 1.11. The van der Waals surface area contributed by atoms with Crippen molar-refractivity contribution in [3.63, 3.8) is 0 Å². The highest BCUT2D eigenvalue weighted by Gasteiger charge is 2.40. The standard InChI is InChI=1S/C40H45FN4O3/c1-40(25-30-7-3-2-4-8-30)28-44(19-20-45(40)39(47)48)27-33-10-6-11-34(23-33)36-24-32(13-14-37(36)41)26-43-38(46)35-12-5-9-31(22-35)21-29-15-17-42-18-16-29/h2-14,22-24,29,42H,15-21,25-28H2,1H3,(H,43,46)(H,47,48)/t40-/m0/s1. The third-order valence-electron chi connectivity index (χ3n) is 9.81. The minimum Gasteiger partial charge on any atom is -0.465 e. The number of piperidine rings is 1. The molecule has 2 aliphatic heterocycles. The van der Waals surface area contributed by atoms with Gasteiger partial charge in [0.05, 0.1) is 5.54 Å². The van der Waals surface area contributed by atoms with Crippen molar-refractivity contribution >= 4 is 12.0 Å². The molecule has 1 atom stereocenters. The second kappa shape index (κ2) is 15.1. The molecule has 0 bridgehead atoms. The predicted molar refractivity (Wildman–Crippen MR) is 187 cm³/mol. The molecule has 4 aromatic carbocycles. The fraction of sp³-hybridized carbons (Fsp3) is 0.350. The maximum absolute atomic E-state index is 15.2. The second-order valence-electron chi connectivity index (χ2n) is 13.6. The van der Waals surface area contributed by atoms with Gasteiger partial charge in [-0.25, -0.2) is 9.18 Å². The SMILES string of the molecule is C[C@]1(Cc2ccccc2)CN(Cc2cccc(-c3cc(CNC(=O)c4cccc(CC5CCNCC5)c4)ccc3F)c2)CCN1C(=O)O. The Morgan fingerprint density at radius 1 is 0.875 bits per heavy atom. The number of carboxylic acid groups (broad SMARTS) is 1. The molecule has 2 saturated heterocycles. The third-order valence-corrected chi connectivity index (χ3v) is 9.81. The first-order valence-electron chi connectivity index (χ1n) is 17.0. The number of nitrogens with zero attached hydrogens (tertiary/aromatic N) is 2. The van der Waals surface area contributed by atoms with Crippen molar-refractivity contribution in [2.45, 2.75) is 51.2 Å². The van der Waals surface area contributed by atoms with Gasteiger partial charge < -0.3 is 20.6 Å². The summed E-state index contributed by atoms with van der Waals surface area (Å²) in [4.78, 5) is 29.1. The lowest BCUT2D eigenvalue weighted by atomic mass is 9.88. The zero-order chi connectivity index (χ0) is 33.5. The summed E-state index contributed by atoms with van der Waals surface area (Å²) < 4.78 is 15.2. The average molecular weight is 649 g/mol. The normalized spacial score (nSPS) is 18.8. The summed E-state index contributed by atoms with van der Waals surface area (Å²) in [5.41, 5.74) is 5.43. The van der Waals surface area contributed by atoms with E-state index in [-0.39, 0.29) is 18.3 Å². The summed E-state index contributed by atoms with van der Waals surface area (Å²) in [6.45, 7) is 6.66. The van der Waals surface area contributed by atoms with Crippen LogP contribution in [-0.4, -0.2) is 65.2 Å². The van der Waals surface area contributed by atoms with E-state index in [0.717, 1.165) is 54.6 Å². The molecular weight excluding hydrogens is 603 g/mol. The zero-order valence-electron chi connectivity index (χ0n) is 27.6. The summed E-state index contributed by atoms with van der Waals surface area (Å²) in [6.07, 6.45) is 3.01. The fourth-order valence-corrected chi connectivity index (χ4v) is 7.35. The molecule has 0 spiro atoms. The molecule has 0 aliphatic carbocycles. The van der Waals surface area contributed by atoms with Crippen LogP contribution in [0, 0.1) is 11.7 Å². The van der Waals surface area contributed by atoms with Gasteiger partial charge in [-0.1, -0.05) is 66.7 Å². The molecule has 8 heteroatoms. The third kappa shape index (κ3) is 8.30. The zero-order valence-corrected chi connectivity index (χ0v) is 27.6.